The zero-order chi connectivity index (χ0) is 8.69. The van der Waals surface area contributed by atoms with Gasteiger partial charge in [0.05, 0.1) is 13.2 Å². The molecule has 0 bridgehead atoms. The Kier molecular flexibility index (Phi) is 5.60. The van der Waals surface area contributed by atoms with Gasteiger partial charge in [-0.05, 0) is 0 Å². The van der Waals surface area contributed by atoms with Crippen LogP contribution in [-0.2, 0) is 19.1 Å². The van der Waals surface area contributed by atoms with E-state index in [4.69, 9.17) is 4.74 Å². The van der Waals surface area contributed by atoms with Gasteiger partial charge in [-0.1, -0.05) is 0 Å². The maximum absolute atomic E-state index is 10.6. The zero-order valence-electron chi connectivity index (χ0n) is 6.75. The van der Waals surface area contributed by atoms with Gasteiger partial charge in [-0.25, -0.2) is 0 Å². The summed E-state index contributed by atoms with van der Waals surface area (Å²) in [5.41, 5.74) is 0. The van der Waals surface area contributed by atoms with Gasteiger partial charge in [0, 0.05) is 14.0 Å². The van der Waals surface area contributed by atoms with E-state index >= 15 is 0 Å². The Morgan fingerprint density at radius 2 is 1.91 bits per heavy atom. The Morgan fingerprint density at radius 1 is 1.27 bits per heavy atom. The van der Waals surface area contributed by atoms with Crippen LogP contribution in [0.15, 0.2) is 0 Å². The first-order valence-electron chi connectivity index (χ1n) is 3.29. The zero-order valence-corrected chi connectivity index (χ0v) is 6.75. The van der Waals surface area contributed by atoms with E-state index in [9.17, 15) is 9.59 Å². The van der Waals surface area contributed by atoms with Gasteiger partial charge in [-0.15, -0.1) is 0 Å². The Bertz CT molecular complexity index is 141. The van der Waals surface area contributed by atoms with Crippen LogP contribution in [0.3, 0.4) is 0 Å². The van der Waals surface area contributed by atoms with Crippen LogP contribution in [0, 0.1) is 0 Å². The number of hydrogen-bond acceptors (Lipinski definition) is 4. The highest BCUT2D eigenvalue weighted by molar-refractivity contribution is 6.36. The number of carbonyl (C=O) groups excluding carboxylic acids is 2. The van der Waals surface area contributed by atoms with Crippen LogP contribution < -0.4 is 0 Å². The van der Waals surface area contributed by atoms with Gasteiger partial charge in [-0.2, -0.15) is 0 Å². The monoisotopic (exact) mass is 160 g/mol. The second kappa shape index (κ2) is 6.00. The molecule has 64 valence electrons. The standard InChI is InChI=1S/C7H12O4/c1-6(8)7(9)5-11-4-3-10-2/h3-5H2,1-2H3. The average molecular weight is 160 g/mol. The summed E-state index contributed by atoms with van der Waals surface area (Å²) in [6, 6.07) is 0. The minimum Gasteiger partial charge on any atom is -0.382 e. The van der Waals surface area contributed by atoms with E-state index < -0.39 is 11.6 Å². The normalized spacial score (nSPS) is 9.64. The SMILES string of the molecule is COCCOCC(=O)C(C)=O. The third-order valence-electron chi connectivity index (χ3n) is 1.06. The van der Waals surface area contributed by atoms with Crippen molar-refractivity contribution in [2.45, 2.75) is 6.92 Å². The molecule has 0 aromatic carbocycles. The second-order valence-corrected chi connectivity index (χ2v) is 2.02. The predicted octanol–water partition coefficient (Wildman–Crippen LogP) is -0.192. The third kappa shape index (κ3) is 5.69. The number of carbonyl (C=O) groups is 2. The summed E-state index contributed by atoms with van der Waals surface area (Å²) in [5, 5.41) is 0. The Morgan fingerprint density at radius 3 is 2.36 bits per heavy atom. The lowest BCUT2D eigenvalue weighted by Crippen LogP contribution is -2.18. The lowest BCUT2D eigenvalue weighted by atomic mass is 10.3. The first-order valence-corrected chi connectivity index (χ1v) is 3.29. The quantitative estimate of drug-likeness (QED) is 0.399. The van der Waals surface area contributed by atoms with Crippen LogP contribution in [0.5, 0.6) is 0 Å². The van der Waals surface area contributed by atoms with E-state index in [1.807, 2.05) is 0 Å². The molecule has 11 heavy (non-hydrogen) atoms. The van der Waals surface area contributed by atoms with E-state index in [-0.39, 0.29) is 6.61 Å². The van der Waals surface area contributed by atoms with Crippen LogP contribution in [0.2, 0.25) is 0 Å². The Hall–Kier alpha value is -0.740. The fourth-order valence-corrected chi connectivity index (χ4v) is 0.409. The summed E-state index contributed by atoms with van der Waals surface area (Å²) in [6.07, 6.45) is 0. The molecule has 0 fully saturated rings. The van der Waals surface area contributed by atoms with Crippen molar-refractivity contribution in [1.82, 2.24) is 0 Å². The van der Waals surface area contributed by atoms with Crippen LogP contribution in [0.25, 0.3) is 0 Å². The molecule has 0 atom stereocenters. The molecule has 0 heterocycles. The molecule has 4 heteroatoms. The molecule has 0 aliphatic rings. The highest BCUT2D eigenvalue weighted by Crippen LogP contribution is 1.80. The molecule has 4 nitrogen and oxygen atoms in total. The molecule has 0 aromatic rings. The molecule has 0 saturated heterocycles. The predicted molar refractivity (Wildman–Crippen MR) is 38.4 cm³/mol. The highest BCUT2D eigenvalue weighted by atomic mass is 16.5. The minimum absolute atomic E-state index is 0.140. The number of Topliss-reactive ketones (excluding diaryl/α,β-unsaturated/α-hetero) is 2. The van der Waals surface area contributed by atoms with Crippen molar-refractivity contribution in [3.05, 3.63) is 0 Å². The number of hydrogen-bond donors (Lipinski definition) is 0. The highest BCUT2D eigenvalue weighted by Gasteiger charge is 2.06. The number of methoxy groups -OCH3 is 1. The van der Waals surface area contributed by atoms with Gasteiger partial charge in [0.1, 0.15) is 6.61 Å². The topological polar surface area (TPSA) is 52.6 Å². The largest absolute Gasteiger partial charge is 0.382 e. The maximum atomic E-state index is 10.6. The molecule has 0 unspecified atom stereocenters. The van der Waals surface area contributed by atoms with E-state index in [0.29, 0.717) is 13.2 Å². The van der Waals surface area contributed by atoms with E-state index in [1.165, 1.54) is 14.0 Å². The van der Waals surface area contributed by atoms with Crippen molar-refractivity contribution < 1.29 is 19.1 Å². The van der Waals surface area contributed by atoms with Crippen molar-refractivity contribution in [1.29, 1.82) is 0 Å². The summed E-state index contributed by atoms with van der Waals surface area (Å²) < 4.78 is 9.46. The first-order chi connectivity index (χ1) is 5.18. The van der Waals surface area contributed by atoms with Crippen molar-refractivity contribution >= 4 is 11.6 Å². The fourth-order valence-electron chi connectivity index (χ4n) is 0.409. The van der Waals surface area contributed by atoms with Crippen molar-refractivity contribution in [3.8, 4) is 0 Å². The Balaban J connectivity index is 3.25. The second-order valence-electron chi connectivity index (χ2n) is 2.02. The van der Waals surface area contributed by atoms with Crippen LogP contribution in [0.1, 0.15) is 6.92 Å². The van der Waals surface area contributed by atoms with Gasteiger partial charge >= 0.3 is 0 Å². The smallest absolute Gasteiger partial charge is 0.223 e. The van der Waals surface area contributed by atoms with Crippen LogP contribution in [-0.4, -0.2) is 38.5 Å². The van der Waals surface area contributed by atoms with E-state index in [2.05, 4.69) is 4.74 Å². The van der Waals surface area contributed by atoms with Gasteiger partial charge in [0.2, 0.25) is 5.78 Å². The molecule has 0 N–H and O–H groups in total. The lowest BCUT2D eigenvalue weighted by Gasteiger charge is -1.99. The summed E-state index contributed by atoms with van der Waals surface area (Å²) in [6.45, 7) is 1.86. The molecule has 0 aliphatic carbocycles. The lowest BCUT2D eigenvalue weighted by molar-refractivity contribution is -0.138. The summed E-state index contributed by atoms with van der Waals surface area (Å²) >= 11 is 0. The molecule has 0 aromatic heterocycles. The van der Waals surface area contributed by atoms with Gasteiger partial charge in [0.15, 0.2) is 5.78 Å². The molecule has 0 spiro atoms. The molecule has 0 saturated carbocycles. The van der Waals surface area contributed by atoms with E-state index in [1.54, 1.807) is 0 Å². The first kappa shape index (κ1) is 10.3. The minimum atomic E-state index is -0.499. The van der Waals surface area contributed by atoms with Crippen LogP contribution in [0.4, 0.5) is 0 Å². The molecule has 0 radical (unpaired) electrons. The number of ketones is 2. The van der Waals surface area contributed by atoms with Gasteiger partial charge in [0.25, 0.3) is 0 Å². The number of ether oxygens (including phenoxy) is 2. The third-order valence-corrected chi connectivity index (χ3v) is 1.06. The molecule has 0 aliphatic heterocycles. The summed E-state index contributed by atoms with van der Waals surface area (Å²) in [7, 11) is 1.54. The summed E-state index contributed by atoms with van der Waals surface area (Å²) in [4.78, 5) is 20.9. The van der Waals surface area contributed by atoms with Gasteiger partial charge in [-0.3, -0.25) is 9.59 Å². The van der Waals surface area contributed by atoms with Gasteiger partial charge < -0.3 is 9.47 Å². The molecular formula is C7H12O4. The molecule has 0 amide bonds. The molecular weight excluding hydrogens is 148 g/mol. The van der Waals surface area contributed by atoms with Crippen molar-refractivity contribution in [3.63, 3.8) is 0 Å². The Labute approximate surface area is 65.5 Å². The summed E-state index contributed by atoms with van der Waals surface area (Å²) in [5.74, 6) is -0.969. The van der Waals surface area contributed by atoms with E-state index in [0.717, 1.165) is 0 Å². The maximum Gasteiger partial charge on any atom is 0.223 e. The van der Waals surface area contributed by atoms with Crippen LogP contribution >= 0.6 is 0 Å². The number of rotatable bonds is 6. The molecule has 0 rings (SSSR count). The van der Waals surface area contributed by atoms with Crippen molar-refractivity contribution in [2.24, 2.45) is 0 Å². The average Bonchev–Trinajstić information content (AvgIpc) is 1.97. The fraction of sp³-hybridized carbons (Fsp3) is 0.714. The van der Waals surface area contributed by atoms with Crippen molar-refractivity contribution in [2.75, 3.05) is 26.9 Å².